The Morgan fingerprint density at radius 1 is 0.241 bits per heavy atom. The van der Waals surface area contributed by atoms with Gasteiger partial charge in [0.05, 0.1) is 0 Å². The van der Waals surface area contributed by atoms with E-state index in [-0.39, 0.29) is 105 Å². The predicted octanol–water partition coefficient (Wildman–Crippen LogP) is 17.3. The average molecular weight is 1860 g/mol. The Morgan fingerprint density at radius 2 is 0.445 bits per heavy atom. The van der Waals surface area contributed by atoms with Crippen LogP contribution >= 0.6 is 0 Å². The van der Waals surface area contributed by atoms with Gasteiger partial charge in [-0.1, -0.05) is 271 Å². The monoisotopic (exact) mass is 1860 g/mol. The molecule has 0 amide bonds. The Bertz CT molecular complexity index is 6020. The molecule has 0 aliphatic carbocycles. The number of aryl methyl sites for hydroxylation is 7. The van der Waals surface area contributed by atoms with Gasteiger partial charge >= 0.3 is 0 Å². The summed E-state index contributed by atoms with van der Waals surface area (Å²) in [6.07, 6.45) is 35.2. The third-order valence-electron chi connectivity index (χ3n) is 20.5. The molecule has 12 rings (SSSR count). The highest BCUT2D eigenvalue weighted by molar-refractivity contribution is 5.96. The molecule has 0 saturated heterocycles. The average Bonchev–Trinajstić information content (AvgIpc) is 0.876. The number of aromatic amines is 6. The third kappa shape index (κ3) is 46.4. The lowest BCUT2D eigenvalue weighted by Gasteiger charge is -2.07. The van der Waals surface area contributed by atoms with Gasteiger partial charge in [0.15, 0.2) is 0 Å². The van der Waals surface area contributed by atoms with Crippen molar-refractivity contribution in [3.05, 3.63) is 314 Å². The molecule has 0 saturated carbocycles. The van der Waals surface area contributed by atoms with Gasteiger partial charge in [-0.15, -0.1) is 0 Å². The zero-order valence-electron chi connectivity index (χ0n) is 79.2. The van der Waals surface area contributed by atoms with Gasteiger partial charge in [-0.05, 0) is 138 Å². The van der Waals surface area contributed by atoms with E-state index in [1.807, 2.05) is 190 Å². The van der Waals surface area contributed by atoms with Gasteiger partial charge < -0.3 is 66.3 Å². The summed E-state index contributed by atoms with van der Waals surface area (Å²) in [6.45, 7) is 9.70. The van der Waals surface area contributed by atoms with Gasteiger partial charge in [0.2, 0.25) is 71.4 Å². The number of aliphatic imine (C=N–C) groups is 6. The Hall–Kier alpha value is -15.8. The number of nitrogens with zero attached hydrogens (tertiary/aromatic N) is 12. The minimum absolute atomic E-state index is 0.162. The lowest BCUT2D eigenvalue weighted by molar-refractivity contribution is 0.532. The molecule has 36 nitrogen and oxygen atoms in total. The van der Waals surface area contributed by atoms with Crippen molar-refractivity contribution >= 4 is 106 Å². The van der Waals surface area contributed by atoms with Crippen LogP contribution in [-0.2, 0) is 25.7 Å². The zero-order valence-corrected chi connectivity index (χ0v) is 79.2. The standard InChI is InChI=1S/C34H44N10O2.C28H45N5O.C14H17N5O.C13H15N5O.C12H13N5O/c35-31(37-25-17-13-9-14-18-25)43-33-39-27(23-29(45)41-33)21-11-7-5-3-1-2-4-6-8-12-22-28-24-30(46)42-34(40-28)44-32(36)38-26-19-15-10-16-20-26;1-2-3-4-5-6-7-8-9-10-11-12-13-14-15-17-22-25-23-26(34)32-28(31-25)33-27(29)30-24-20-18-16-19-21-24;1-2-6-11-9-12(20)18-14(17-11)19-13(15)16-10-7-4-3-5-8-10;1-8-5-3-4-6-10(8)16-12(14)18-13-15-9(2)7-11(19)17-13;1-8-7-10(18)16-12(14-8)17-11(13)15-9-5-3-2-4-6-9/h9-10,13-20,23-24H,1-8,11-12,21-22H2,(H4,35,37,39,41,43,45)(H4,36,38,40,42,44,46);16,18-21,23H,2-15,17,22H2,1H3,(H4,29,30,31,32,33,34);3-5,7-9H,2,6H2,1H3,(H4,15,16,17,18,19,20);3-7H,1-2H3,(H4,14,15,16,17,18,19);2-7H,1H3,(H4,13,14,15,16,17,18). The molecule has 36 heteroatoms. The van der Waals surface area contributed by atoms with Crippen molar-refractivity contribution in [1.29, 1.82) is 0 Å². The summed E-state index contributed by atoms with van der Waals surface area (Å²) in [5.74, 6) is 2.24. The van der Waals surface area contributed by atoms with Crippen LogP contribution in [0.4, 0.5) is 69.8 Å². The Labute approximate surface area is 798 Å². The SMILES string of the molecule is CCCCCCCCCCCCCCCCCc1cc(=O)[nH]c(N=C(N)Nc2ccccc2)n1.CCCc1cc(=O)[nH]c(N=C(N)Nc2ccccc2)n1.Cc1cc(=O)[nH]c(N=C(N)Nc2ccccc2)n1.Cc1cc(=O)[nH]c(N=C(N)Nc2ccccc2C)n1.NC(=Nc1nc(CCCCCCCCCCCCc2cc(=O)[nH]c(N=C(N)Nc3ccccc3)n2)cc(=O)[nH]1)Nc1ccccc1. The maximum atomic E-state index is 12.1. The van der Waals surface area contributed by atoms with Gasteiger partial charge in [-0.25, -0.2) is 29.9 Å². The molecule has 0 bridgehead atoms. The molecule has 0 fully saturated rings. The summed E-state index contributed by atoms with van der Waals surface area (Å²) in [5, 5.41) is 17.7. The number of benzene rings is 6. The van der Waals surface area contributed by atoms with Crippen LogP contribution in [0.15, 0.2) is 271 Å². The summed E-state index contributed by atoms with van der Waals surface area (Å²) >= 11 is 0. The number of hydrogen-bond acceptors (Lipinski definition) is 18. The van der Waals surface area contributed by atoms with Gasteiger partial charge in [0.25, 0.3) is 33.4 Å². The van der Waals surface area contributed by atoms with Crippen LogP contribution in [0.2, 0.25) is 0 Å². The highest BCUT2D eigenvalue weighted by Gasteiger charge is 2.11. The van der Waals surface area contributed by atoms with E-state index in [1.165, 1.54) is 146 Å². The number of hydrogen-bond donors (Lipinski definition) is 18. The first-order valence-electron chi connectivity index (χ1n) is 47.0. The predicted molar refractivity (Wildman–Crippen MR) is 558 cm³/mol. The van der Waals surface area contributed by atoms with Crippen molar-refractivity contribution in [1.82, 2.24) is 59.8 Å². The molecular formula is C101H134N30O6. The smallest absolute Gasteiger partial charge is 0.252 e. The molecule has 6 aromatic heterocycles. The van der Waals surface area contributed by atoms with Crippen molar-refractivity contribution in [3.63, 3.8) is 0 Å². The minimum atomic E-state index is -0.256. The molecule has 0 radical (unpaired) electrons. The first-order valence-corrected chi connectivity index (χ1v) is 47.0. The Morgan fingerprint density at radius 3 is 0.679 bits per heavy atom. The second kappa shape index (κ2) is 61.8. The van der Waals surface area contributed by atoms with Gasteiger partial charge in [0.1, 0.15) is 0 Å². The molecule has 24 N–H and O–H groups in total. The molecule has 6 aromatic carbocycles. The largest absolute Gasteiger partial charge is 0.369 e. The van der Waals surface area contributed by atoms with Crippen molar-refractivity contribution in [2.45, 2.75) is 227 Å². The fourth-order valence-corrected chi connectivity index (χ4v) is 13.9. The highest BCUT2D eigenvalue weighted by Crippen LogP contribution is 2.21. The second-order valence-corrected chi connectivity index (χ2v) is 32.5. The number of rotatable bonds is 43. The highest BCUT2D eigenvalue weighted by atomic mass is 16.1. The fraction of sp³-hybridized carbons (Fsp3) is 0.347. The summed E-state index contributed by atoms with van der Waals surface area (Å²) in [5.41, 5.74) is 43.9. The Kier molecular flexibility index (Phi) is 48.1. The first kappa shape index (κ1) is 107. The molecular weight excluding hydrogens is 1730 g/mol. The maximum Gasteiger partial charge on any atom is 0.252 e. The quantitative estimate of drug-likeness (QED) is 0.00958. The topological polar surface area (TPSA) is 577 Å². The van der Waals surface area contributed by atoms with Crippen molar-refractivity contribution < 1.29 is 0 Å². The van der Waals surface area contributed by atoms with E-state index in [9.17, 15) is 28.8 Å². The molecule has 137 heavy (non-hydrogen) atoms. The van der Waals surface area contributed by atoms with Gasteiger partial charge in [-0.2, -0.15) is 30.0 Å². The van der Waals surface area contributed by atoms with Gasteiger partial charge in [0, 0.05) is 105 Å². The summed E-state index contributed by atoms with van der Waals surface area (Å²) in [7, 11) is 0. The molecule has 0 unspecified atom stereocenters. The van der Waals surface area contributed by atoms with E-state index >= 15 is 0 Å². The Balaban J connectivity index is 0.000000222. The first-order chi connectivity index (χ1) is 66.4. The van der Waals surface area contributed by atoms with Crippen LogP contribution in [0.5, 0.6) is 0 Å². The molecule has 0 atom stereocenters. The zero-order chi connectivity index (χ0) is 97.8. The fourth-order valence-electron chi connectivity index (χ4n) is 13.9. The van der Waals surface area contributed by atoms with Crippen molar-refractivity contribution in [2.24, 2.45) is 64.4 Å². The van der Waals surface area contributed by atoms with Crippen LogP contribution in [0.3, 0.4) is 0 Å². The number of nitrogens with one attached hydrogen (secondary N) is 12. The van der Waals surface area contributed by atoms with E-state index in [0.717, 1.165) is 134 Å². The number of anilines is 6. The molecule has 12 aromatic rings. The van der Waals surface area contributed by atoms with Crippen molar-refractivity contribution in [2.75, 3.05) is 31.9 Å². The summed E-state index contributed by atoms with van der Waals surface area (Å²) in [4.78, 5) is 136. The van der Waals surface area contributed by atoms with Crippen LogP contribution < -0.4 is 99.7 Å². The van der Waals surface area contributed by atoms with Crippen LogP contribution in [0.1, 0.15) is 221 Å². The van der Waals surface area contributed by atoms with E-state index in [2.05, 4.69) is 129 Å². The third-order valence-corrected chi connectivity index (χ3v) is 20.5. The number of guanidine groups is 6. The number of para-hydroxylation sites is 6. The van der Waals surface area contributed by atoms with Crippen LogP contribution in [0.25, 0.3) is 0 Å². The van der Waals surface area contributed by atoms with E-state index < -0.39 is 0 Å². The second-order valence-electron chi connectivity index (χ2n) is 32.5. The van der Waals surface area contributed by atoms with Crippen LogP contribution in [-0.4, -0.2) is 95.6 Å². The number of nitrogens with two attached hydrogens (primary N) is 6. The van der Waals surface area contributed by atoms with Crippen molar-refractivity contribution in [3.8, 4) is 0 Å². The van der Waals surface area contributed by atoms with Gasteiger partial charge in [-0.3, -0.25) is 58.7 Å². The number of unbranched alkanes of at least 4 members (excludes halogenated alkanes) is 23. The number of H-pyrrole nitrogens is 6. The number of aromatic nitrogens is 12. The molecule has 724 valence electrons. The van der Waals surface area contributed by atoms with E-state index in [1.54, 1.807) is 19.9 Å². The van der Waals surface area contributed by atoms with Crippen LogP contribution in [0, 0.1) is 20.8 Å². The lowest BCUT2D eigenvalue weighted by atomic mass is 10.0. The van der Waals surface area contributed by atoms with E-state index in [4.69, 9.17) is 34.4 Å². The van der Waals surface area contributed by atoms with E-state index in [0.29, 0.717) is 17.1 Å². The minimum Gasteiger partial charge on any atom is -0.369 e. The lowest BCUT2D eigenvalue weighted by Crippen LogP contribution is -2.23. The molecule has 0 aliphatic heterocycles. The molecule has 0 aliphatic rings. The maximum absolute atomic E-state index is 12.1. The summed E-state index contributed by atoms with van der Waals surface area (Å²) < 4.78 is 0. The molecule has 6 heterocycles. The normalized spacial score (nSPS) is 11.6. The summed E-state index contributed by atoms with van der Waals surface area (Å²) in [6, 6.07) is 63.8. The molecule has 0 spiro atoms.